The molecule has 1 rings (SSSR count). The summed E-state index contributed by atoms with van der Waals surface area (Å²) in [5, 5.41) is 8.78. The van der Waals surface area contributed by atoms with E-state index in [1.807, 2.05) is 12.1 Å². The van der Waals surface area contributed by atoms with Gasteiger partial charge in [-0.3, -0.25) is 0 Å². The predicted molar refractivity (Wildman–Crippen MR) is 86.2 cm³/mol. The van der Waals surface area contributed by atoms with Crippen LogP contribution in [0.4, 0.5) is 0 Å². The zero-order valence-electron chi connectivity index (χ0n) is 12.9. The van der Waals surface area contributed by atoms with Gasteiger partial charge in [-0.05, 0) is 56.2 Å². The molecule has 0 bridgehead atoms. The molecule has 0 fully saturated rings. The number of methoxy groups -OCH3 is 1. The Balaban J connectivity index is 0.00000122. The Morgan fingerprint density at radius 1 is 1.38 bits per heavy atom. The first kappa shape index (κ1) is 19.7. The van der Waals surface area contributed by atoms with E-state index < -0.39 is 5.97 Å². The minimum atomic E-state index is -0.877. The van der Waals surface area contributed by atoms with Crippen molar-refractivity contribution in [3.8, 4) is 0 Å². The highest BCUT2D eigenvalue weighted by Gasteiger charge is 2.04. The van der Waals surface area contributed by atoms with Crippen LogP contribution in [0, 0.1) is 0 Å². The van der Waals surface area contributed by atoms with E-state index in [1.165, 1.54) is 6.92 Å². The topological polar surface area (TPSA) is 63.6 Å². The molecular weight excluding hydrogens is 288 g/mol. The maximum Gasteiger partial charge on any atom is 0.335 e. The van der Waals surface area contributed by atoms with Gasteiger partial charge in [-0.25, -0.2) is 4.79 Å². The highest BCUT2D eigenvalue weighted by molar-refractivity contribution is 7.99. The molecule has 5 heteroatoms. The number of hydrogen-bond donors (Lipinski definition) is 1. The van der Waals surface area contributed by atoms with Gasteiger partial charge >= 0.3 is 5.97 Å². The van der Waals surface area contributed by atoms with E-state index in [4.69, 9.17) is 14.6 Å². The van der Waals surface area contributed by atoms with Crippen LogP contribution in [-0.2, 0) is 9.53 Å². The average molecular weight is 312 g/mol. The number of carboxylic acid groups (broad SMARTS) is 1. The summed E-state index contributed by atoms with van der Waals surface area (Å²) >= 11 is 1.76. The molecule has 0 spiro atoms. The second-order valence-corrected chi connectivity index (χ2v) is 5.49. The molecule has 0 amide bonds. The first-order valence-corrected chi connectivity index (χ1v) is 7.96. The molecule has 21 heavy (non-hydrogen) atoms. The molecule has 0 aliphatic heterocycles. The van der Waals surface area contributed by atoms with E-state index >= 15 is 0 Å². The number of benzene rings is 1. The smallest absolute Gasteiger partial charge is 0.335 e. The highest BCUT2D eigenvalue weighted by atomic mass is 32.2. The van der Waals surface area contributed by atoms with E-state index in [9.17, 15) is 4.79 Å². The van der Waals surface area contributed by atoms with Crippen LogP contribution in [-0.4, -0.2) is 36.3 Å². The monoisotopic (exact) mass is 312 g/mol. The van der Waals surface area contributed by atoms with Crippen molar-refractivity contribution in [1.29, 1.82) is 0 Å². The SMILES string of the molecule is CC=O.CCC(CCCSc1ccc(C(=O)O)cc1)OC. The molecule has 0 saturated carbocycles. The van der Waals surface area contributed by atoms with Crippen LogP contribution in [0.25, 0.3) is 0 Å². The quantitative estimate of drug-likeness (QED) is 0.448. The molecule has 118 valence electrons. The summed E-state index contributed by atoms with van der Waals surface area (Å²) in [5.74, 6) is 0.157. The van der Waals surface area contributed by atoms with Crippen molar-refractivity contribution in [1.82, 2.24) is 0 Å². The van der Waals surface area contributed by atoms with Gasteiger partial charge in [0.15, 0.2) is 0 Å². The van der Waals surface area contributed by atoms with Crippen molar-refractivity contribution in [3.63, 3.8) is 0 Å². The summed E-state index contributed by atoms with van der Waals surface area (Å²) in [4.78, 5) is 20.6. The predicted octanol–water partition coefficient (Wildman–Crippen LogP) is 3.89. The van der Waals surface area contributed by atoms with Crippen LogP contribution in [0.2, 0.25) is 0 Å². The molecule has 0 radical (unpaired) electrons. The normalized spacial score (nSPS) is 11.2. The number of thioether (sulfide) groups is 1. The Morgan fingerprint density at radius 2 is 1.95 bits per heavy atom. The number of aldehydes is 1. The molecular formula is C16H24O4S. The third-order valence-corrected chi connectivity index (χ3v) is 3.93. The number of ether oxygens (including phenoxy) is 1. The first-order chi connectivity index (χ1) is 10.1. The van der Waals surface area contributed by atoms with Gasteiger partial charge in [-0.1, -0.05) is 6.92 Å². The Bertz CT molecular complexity index is 399. The summed E-state index contributed by atoms with van der Waals surface area (Å²) in [5.41, 5.74) is 0.338. The Kier molecular flexibility index (Phi) is 11.6. The van der Waals surface area contributed by atoms with Gasteiger partial charge in [-0.2, -0.15) is 0 Å². The van der Waals surface area contributed by atoms with E-state index in [1.54, 1.807) is 31.0 Å². The highest BCUT2D eigenvalue weighted by Crippen LogP contribution is 2.20. The van der Waals surface area contributed by atoms with Crippen LogP contribution in [0.5, 0.6) is 0 Å². The van der Waals surface area contributed by atoms with Crippen LogP contribution < -0.4 is 0 Å². The van der Waals surface area contributed by atoms with Gasteiger partial charge in [-0.15, -0.1) is 11.8 Å². The summed E-state index contributed by atoms with van der Waals surface area (Å²) in [6, 6.07) is 7.02. The van der Waals surface area contributed by atoms with Gasteiger partial charge < -0.3 is 14.6 Å². The lowest BCUT2D eigenvalue weighted by Crippen LogP contribution is -2.08. The third kappa shape index (κ3) is 9.26. The number of hydrogen-bond acceptors (Lipinski definition) is 4. The summed E-state index contributed by atoms with van der Waals surface area (Å²) in [6.07, 6.45) is 4.35. The van der Waals surface area contributed by atoms with Gasteiger partial charge in [0.2, 0.25) is 0 Å². The van der Waals surface area contributed by atoms with Gasteiger partial charge in [0, 0.05) is 12.0 Å². The summed E-state index contributed by atoms with van der Waals surface area (Å²) < 4.78 is 5.32. The first-order valence-electron chi connectivity index (χ1n) is 6.97. The van der Waals surface area contributed by atoms with Gasteiger partial charge in [0.05, 0.1) is 11.7 Å². The number of rotatable bonds is 8. The molecule has 4 nitrogen and oxygen atoms in total. The molecule has 0 aliphatic carbocycles. The molecule has 0 aromatic heterocycles. The average Bonchev–Trinajstić information content (AvgIpc) is 2.49. The van der Waals surface area contributed by atoms with Crippen LogP contribution in [0.15, 0.2) is 29.2 Å². The largest absolute Gasteiger partial charge is 0.478 e. The van der Waals surface area contributed by atoms with Crippen molar-refractivity contribution in [3.05, 3.63) is 29.8 Å². The second-order valence-electron chi connectivity index (χ2n) is 4.32. The molecule has 0 aliphatic rings. The Hall–Kier alpha value is -1.33. The second kappa shape index (κ2) is 12.4. The Labute approximate surface area is 130 Å². The van der Waals surface area contributed by atoms with E-state index in [0.29, 0.717) is 11.7 Å². The van der Waals surface area contributed by atoms with Gasteiger partial charge in [0.1, 0.15) is 6.29 Å². The standard InChI is InChI=1S/C14H20O3S.C2H4O/c1-3-12(17-2)5-4-10-18-13-8-6-11(7-9-13)14(15)16;1-2-3/h6-9,12H,3-5,10H2,1-2H3,(H,15,16);2H,1H3. The fraction of sp³-hybridized carbons (Fsp3) is 0.500. The fourth-order valence-electron chi connectivity index (χ4n) is 1.68. The molecule has 1 aromatic rings. The van der Waals surface area contributed by atoms with Crippen molar-refractivity contribution in [2.75, 3.05) is 12.9 Å². The third-order valence-electron chi connectivity index (χ3n) is 2.83. The van der Waals surface area contributed by atoms with Crippen LogP contribution in [0.1, 0.15) is 43.5 Å². The fourth-order valence-corrected chi connectivity index (χ4v) is 2.56. The molecule has 1 aromatic carbocycles. The maximum absolute atomic E-state index is 10.7. The van der Waals surface area contributed by atoms with E-state index in [-0.39, 0.29) is 0 Å². The number of carbonyl (C=O) groups excluding carboxylic acids is 1. The maximum atomic E-state index is 10.7. The summed E-state index contributed by atoms with van der Waals surface area (Å²) in [6.45, 7) is 3.58. The van der Waals surface area contributed by atoms with Crippen molar-refractivity contribution in [2.45, 2.75) is 44.1 Å². The number of carboxylic acids is 1. The number of aromatic carboxylic acids is 1. The molecule has 1 atom stereocenters. The van der Waals surface area contributed by atoms with Crippen molar-refractivity contribution >= 4 is 24.0 Å². The molecule has 1 N–H and O–H groups in total. The van der Waals surface area contributed by atoms with Crippen molar-refractivity contribution in [2.24, 2.45) is 0 Å². The van der Waals surface area contributed by atoms with Gasteiger partial charge in [0.25, 0.3) is 0 Å². The molecule has 0 saturated heterocycles. The van der Waals surface area contributed by atoms with Crippen LogP contribution >= 0.6 is 11.8 Å². The minimum absolute atomic E-state index is 0.338. The summed E-state index contributed by atoms with van der Waals surface area (Å²) in [7, 11) is 1.76. The van der Waals surface area contributed by atoms with Crippen LogP contribution in [0.3, 0.4) is 0 Å². The van der Waals surface area contributed by atoms with E-state index in [2.05, 4.69) is 6.92 Å². The molecule has 1 unspecified atom stereocenters. The lowest BCUT2D eigenvalue weighted by atomic mass is 10.2. The van der Waals surface area contributed by atoms with Crippen molar-refractivity contribution < 1.29 is 19.4 Å². The zero-order chi connectivity index (χ0) is 16.1. The Morgan fingerprint density at radius 3 is 2.38 bits per heavy atom. The minimum Gasteiger partial charge on any atom is -0.478 e. The number of carbonyl (C=O) groups is 2. The lowest BCUT2D eigenvalue weighted by Gasteiger charge is -2.12. The van der Waals surface area contributed by atoms with E-state index in [0.717, 1.165) is 36.2 Å². The molecule has 0 heterocycles. The zero-order valence-corrected chi connectivity index (χ0v) is 13.7. The lowest BCUT2D eigenvalue weighted by molar-refractivity contribution is -0.106.